The van der Waals surface area contributed by atoms with E-state index in [1.807, 2.05) is 18.2 Å². The van der Waals surface area contributed by atoms with Crippen LogP contribution in [0.15, 0.2) is 18.2 Å². The summed E-state index contributed by atoms with van der Waals surface area (Å²) in [4.78, 5) is 19.4. The van der Waals surface area contributed by atoms with Crippen LogP contribution in [-0.4, -0.2) is 80.1 Å². The normalized spacial score (nSPS) is 21.9. The first-order chi connectivity index (χ1) is 13.1. The van der Waals surface area contributed by atoms with E-state index in [0.29, 0.717) is 18.5 Å². The van der Waals surface area contributed by atoms with E-state index < -0.39 is 0 Å². The third kappa shape index (κ3) is 5.14. The van der Waals surface area contributed by atoms with Gasteiger partial charge in [-0.25, -0.2) is 0 Å². The highest BCUT2D eigenvalue weighted by Crippen LogP contribution is 2.25. The number of benzene rings is 1. The Labute approximate surface area is 163 Å². The topological polar surface area (TPSA) is 45.3 Å². The Morgan fingerprint density at radius 3 is 2.44 bits per heavy atom. The van der Waals surface area contributed by atoms with Crippen molar-refractivity contribution in [2.45, 2.75) is 38.8 Å². The first-order valence-electron chi connectivity index (χ1n) is 10.1. The fourth-order valence-electron chi connectivity index (χ4n) is 4.10. The van der Waals surface area contributed by atoms with Gasteiger partial charge in [-0.1, -0.05) is 0 Å². The van der Waals surface area contributed by atoms with Crippen LogP contribution in [0.25, 0.3) is 0 Å². The van der Waals surface area contributed by atoms with Crippen LogP contribution in [-0.2, 0) is 11.3 Å². The molecule has 2 aliphatic heterocycles. The molecule has 0 aliphatic carbocycles. The van der Waals surface area contributed by atoms with Gasteiger partial charge in [0.15, 0.2) is 0 Å². The molecule has 0 N–H and O–H groups in total. The molecule has 1 aromatic carbocycles. The summed E-state index contributed by atoms with van der Waals surface area (Å²) in [5, 5.41) is 0. The Bertz CT molecular complexity index is 629. The van der Waals surface area contributed by atoms with Crippen molar-refractivity contribution < 1.29 is 14.3 Å². The summed E-state index contributed by atoms with van der Waals surface area (Å²) >= 11 is 0. The van der Waals surface area contributed by atoms with Gasteiger partial charge in [0.25, 0.3) is 0 Å². The molecule has 0 spiro atoms. The third-order valence-electron chi connectivity index (χ3n) is 5.83. The molecule has 2 saturated heterocycles. The minimum atomic E-state index is 0.296. The van der Waals surface area contributed by atoms with E-state index in [1.165, 1.54) is 6.42 Å². The highest BCUT2D eigenvalue weighted by atomic mass is 16.5. The van der Waals surface area contributed by atoms with Crippen molar-refractivity contribution >= 4 is 5.91 Å². The standard InChI is InChI=1S/C21H33N3O3/c1-17-6-4-5-9-24(17)21(25)16-23-12-10-22(11-13-23)15-18-14-19(26-2)7-8-20(18)27-3/h7-8,14,17H,4-6,9-13,15-16H2,1-3H3. The van der Waals surface area contributed by atoms with Crippen LogP contribution in [0.3, 0.4) is 0 Å². The number of piperidine rings is 1. The highest BCUT2D eigenvalue weighted by molar-refractivity contribution is 5.78. The van der Waals surface area contributed by atoms with Crippen LogP contribution in [0.2, 0.25) is 0 Å². The van der Waals surface area contributed by atoms with Gasteiger partial charge in [-0.3, -0.25) is 14.6 Å². The number of likely N-dealkylation sites (tertiary alicyclic amines) is 1. The molecule has 6 heteroatoms. The van der Waals surface area contributed by atoms with Crippen LogP contribution >= 0.6 is 0 Å². The molecule has 0 bridgehead atoms. The summed E-state index contributed by atoms with van der Waals surface area (Å²) in [5.74, 6) is 2.04. The molecular formula is C21H33N3O3. The van der Waals surface area contributed by atoms with Gasteiger partial charge in [-0.2, -0.15) is 0 Å². The third-order valence-corrected chi connectivity index (χ3v) is 5.83. The summed E-state index contributed by atoms with van der Waals surface area (Å²) in [6.45, 7) is 8.28. The van der Waals surface area contributed by atoms with Crippen molar-refractivity contribution in [1.82, 2.24) is 14.7 Å². The summed E-state index contributed by atoms with van der Waals surface area (Å²) in [7, 11) is 3.39. The fourth-order valence-corrected chi connectivity index (χ4v) is 4.10. The van der Waals surface area contributed by atoms with E-state index in [0.717, 1.165) is 69.2 Å². The van der Waals surface area contributed by atoms with Gasteiger partial charge in [-0.05, 0) is 44.4 Å². The monoisotopic (exact) mass is 375 g/mol. The zero-order valence-electron chi connectivity index (χ0n) is 16.9. The van der Waals surface area contributed by atoms with Gasteiger partial charge in [0, 0.05) is 50.9 Å². The largest absolute Gasteiger partial charge is 0.497 e. The maximum absolute atomic E-state index is 12.6. The zero-order chi connectivity index (χ0) is 19.2. The minimum absolute atomic E-state index is 0.296. The van der Waals surface area contributed by atoms with Crippen LogP contribution in [0.5, 0.6) is 11.5 Å². The van der Waals surface area contributed by atoms with Gasteiger partial charge in [0.2, 0.25) is 5.91 Å². The molecule has 1 atom stereocenters. The van der Waals surface area contributed by atoms with Gasteiger partial charge < -0.3 is 14.4 Å². The molecule has 3 rings (SSSR count). The molecule has 2 heterocycles. The van der Waals surface area contributed by atoms with E-state index in [-0.39, 0.29) is 0 Å². The van der Waals surface area contributed by atoms with E-state index in [2.05, 4.69) is 21.6 Å². The van der Waals surface area contributed by atoms with Gasteiger partial charge in [-0.15, -0.1) is 0 Å². The second kappa shape index (κ2) is 9.42. The van der Waals surface area contributed by atoms with Crippen LogP contribution in [0.4, 0.5) is 0 Å². The summed E-state index contributed by atoms with van der Waals surface area (Å²) in [5.41, 5.74) is 1.14. The van der Waals surface area contributed by atoms with E-state index in [9.17, 15) is 4.79 Å². The van der Waals surface area contributed by atoms with Crippen molar-refractivity contribution in [3.63, 3.8) is 0 Å². The molecule has 27 heavy (non-hydrogen) atoms. The van der Waals surface area contributed by atoms with Crippen molar-refractivity contribution in [3.05, 3.63) is 23.8 Å². The van der Waals surface area contributed by atoms with Crippen LogP contribution in [0, 0.1) is 0 Å². The summed E-state index contributed by atoms with van der Waals surface area (Å²) in [6.07, 6.45) is 3.53. The first-order valence-corrected chi connectivity index (χ1v) is 10.1. The van der Waals surface area contributed by atoms with Crippen molar-refractivity contribution in [2.24, 2.45) is 0 Å². The lowest BCUT2D eigenvalue weighted by molar-refractivity contribution is -0.136. The number of piperazine rings is 1. The van der Waals surface area contributed by atoms with Gasteiger partial charge >= 0.3 is 0 Å². The number of hydrogen-bond donors (Lipinski definition) is 0. The first kappa shape index (κ1) is 20.0. The Balaban J connectivity index is 1.50. The van der Waals surface area contributed by atoms with Crippen LogP contribution in [0.1, 0.15) is 31.7 Å². The molecule has 2 aliphatic rings. The fraction of sp³-hybridized carbons (Fsp3) is 0.667. The maximum atomic E-state index is 12.6. The number of rotatable bonds is 6. The average molecular weight is 376 g/mol. The quantitative estimate of drug-likeness (QED) is 0.763. The predicted octanol–water partition coefficient (Wildman–Crippen LogP) is 2.22. The second-order valence-electron chi connectivity index (χ2n) is 7.66. The molecule has 1 amide bonds. The maximum Gasteiger partial charge on any atom is 0.236 e. The minimum Gasteiger partial charge on any atom is -0.497 e. The molecular weight excluding hydrogens is 342 g/mol. The van der Waals surface area contributed by atoms with Crippen molar-refractivity contribution in [1.29, 1.82) is 0 Å². The van der Waals surface area contributed by atoms with E-state index >= 15 is 0 Å². The van der Waals surface area contributed by atoms with E-state index in [1.54, 1.807) is 14.2 Å². The Hall–Kier alpha value is -1.79. The smallest absolute Gasteiger partial charge is 0.236 e. The highest BCUT2D eigenvalue weighted by Gasteiger charge is 2.26. The molecule has 1 aromatic rings. The predicted molar refractivity (Wildman–Crippen MR) is 106 cm³/mol. The zero-order valence-corrected chi connectivity index (χ0v) is 16.9. The number of amides is 1. The average Bonchev–Trinajstić information content (AvgIpc) is 2.69. The number of carbonyl (C=O) groups is 1. The molecule has 150 valence electrons. The number of methoxy groups -OCH3 is 2. The lowest BCUT2D eigenvalue weighted by atomic mass is 10.0. The lowest BCUT2D eigenvalue weighted by Gasteiger charge is -2.38. The number of hydrogen-bond acceptors (Lipinski definition) is 5. The molecule has 0 aromatic heterocycles. The Morgan fingerprint density at radius 1 is 1.04 bits per heavy atom. The SMILES string of the molecule is COc1ccc(OC)c(CN2CCN(CC(=O)N3CCCCC3C)CC2)c1. The molecule has 0 radical (unpaired) electrons. The van der Waals surface area contributed by atoms with Gasteiger partial charge in [0.05, 0.1) is 20.8 Å². The Morgan fingerprint density at radius 2 is 1.78 bits per heavy atom. The lowest BCUT2D eigenvalue weighted by Crippen LogP contribution is -2.51. The summed E-state index contributed by atoms with van der Waals surface area (Å²) < 4.78 is 10.8. The van der Waals surface area contributed by atoms with Gasteiger partial charge in [0.1, 0.15) is 11.5 Å². The number of ether oxygens (including phenoxy) is 2. The number of carbonyl (C=O) groups excluding carboxylic acids is 1. The number of nitrogens with zero attached hydrogens (tertiary/aromatic N) is 3. The summed E-state index contributed by atoms with van der Waals surface area (Å²) in [6, 6.07) is 6.33. The Kier molecular flexibility index (Phi) is 6.96. The molecule has 0 saturated carbocycles. The van der Waals surface area contributed by atoms with E-state index in [4.69, 9.17) is 9.47 Å². The molecule has 1 unspecified atom stereocenters. The van der Waals surface area contributed by atoms with Crippen LogP contribution < -0.4 is 9.47 Å². The molecule has 6 nitrogen and oxygen atoms in total. The van der Waals surface area contributed by atoms with Crippen molar-refractivity contribution in [3.8, 4) is 11.5 Å². The van der Waals surface area contributed by atoms with Crippen molar-refractivity contribution in [2.75, 3.05) is 53.5 Å². The second-order valence-corrected chi connectivity index (χ2v) is 7.66. The molecule has 2 fully saturated rings.